The Morgan fingerprint density at radius 3 is 2.79 bits per heavy atom. The molecule has 14 heavy (non-hydrogen) atoms. The van der Waals surface area contributed by atoms with Crippen molar-refractivity contribution in [3.05, 3.63) is 29.6 Å². The Hall–Kier alpha value is -0.890. The van der Waals surface area contributed by atoms with Gasteiger partial charge in [-0.05, 0) is 24.5 Å². The standard InChI is InChI=1S/C12H18N2/c1-2-3-4-10-5-6-12(14-7-10)11-8-13-9-11/h5-7,11,13H,2-4,8-9H2,1H3. The van der Waals surface area contributed by atoms with Crippen LogP contribution in [0.4, 0.5) is 0 Å². The summed E-state index contributed by atoms with van der Waals surface area (Å²) >= 11 is 0. The van der Waals surface area contributed by atoms with Crippen LogP contribution in [0.15, 0.2) is 18.3 Å². The first-order valence-corrected chi connectivity index (χ1v) is 5.55. The van der Waals surface area contributed by atoms with Gasteiger partial charge in [0.1, 0.15) is 0 Å². The van der Waals surface area contributed by atoms with Gasteiger partial charge >= 0.3 is 0 Å². The van der Waals surface area contributed by atoms with E-state index in [9.17, 15) is 0 Å². The summed E-state index contributed by atoms with van der Waals surface area (Å²) in [6.07, 6.45) is 5.75. The monoisotopic (exact) mass is 190 g/mol. The summed E-state index contributed by atoms with van der Waals surface area (Å²) in [6, 6.07) is 4.42. The molecular weight excluding hydrogens is 172 g/mol. The van der Waals surface area contributed by atoms with Crippen molar-refractivity contribution in [2.24, 2.45) is 0 Å². The third-order valence-corrected chi connectivity index (χ3v) is 2.87. The van der Waals surface area contributed by atoms with E-state index in [2.05, 4.69) is 29.4 Å². The molecule has 0 radical (unpaired) electrons. The Labute approximate surface area is 85.7 Å². The third-order valence-electron chi connectivity index (χ3n) is 2.87. The van der Waals surface area contributed by atoms with Gasteiger partial charge < -0.3 is 5.32 Å². The van der Waals surface area contributed by atoms with Gasteiger partial charge in [0.25, 0.3) is 0 Å². The lowest BCUT2D eigenvalue weighted by Gasteiger charge is -2.26. The Balaban J connectivity index is 1.95. The van der Waals surface area contributed by atoms with Crippen LogP contribution < -0.4 is 5.32 Å². The molecule has 1 aromatic heterocycles. The van der Waals surface area contributed by atoms with Crippen molar-refractivity contribution < 1.29 is 0 Å². The minimum atomic E-state index is 0.662. The van der Waals surface area contributed by atoms with E-state index in [-0.39, 0.29) is 0 Å². The van der Waals surface area contributed by atoms with Crippen molar-refractivity contribution in [1.29, 1.82) is 0 Å². The largest absolute Gasteiger partial charge is 0.315 e. The number of nitrogens with one attached hydrogen (secondary N) is 1. The highest BCUT2D eigenvalue weighted by molar-refractivity contribution is 5.19. The zero-order valence-corrected chi connectivity index (χ0v) is 8.79. The molecule has 2 rings (SSSR count). The minimum Gasteiger partial charge on any atom is -0.315 e. The van der Waals surface area contributed by atoms with Crippen molar-refractivity contribution in [3.63, 3.8) is 0 Å². The first kappa shape index (κ1) is 9.66. The fourth-order valence-corrected chi connectivity index (χ4v) is 1.70. The molecule has 2 heteroatoms. The summed E-state index contributed by atoms with van der Waals surface area (Å²) < 4.78 is 0. The fourth-order valence-electron chi connectivity index (χ4n) is 1.70. The van der Waals surface area contributed by atoms with E-state index in [0.717, 1.165) is 13.1 Å². The number of hydrogen-bond donors (Lipinski definition) is 1. The van der Waals surface area contributed by atoms with Gasteiger partial charge in [0.05, 0.1) is 0 Å². The zero-order chi connectivity index (χ0) is 9.80. The molecule has 0 spiro atoms. The number of aromatic nitrogens is 1. The second kappa shape index (κ2) is 4.56. The van der Waals surface area contributed by atoms with Gasteiger partial charge in [-0.2, -0.15) is 0 Å². The maximum absolute atomic E-state index is 4.51. The van der Waals surface area contributed by atoms with Crippen LogP contribution in [0.2, 0.25) is 0 Å². The SMILES string of the molecule is CCCCc1ccc(C2CNC2)nc1. The van der Waals surface area contributed by atoms with E-state index >= 15 is 0 Å². The molecule has 2 heterocycles. The van der Waals surface area contributed by atoms with Crippen molar-refractivity contribution in [2.75, 3.05) is 13.1 Å². The Kier molecular flexibility index (Phi) is 3.14. The number of nitrogens with zero attached hydrogens (tertiary/aromatic N) is 1. The third kappa shape index (κ3) is 2.13. The van der Waals surface area contributed by atoms with E-state index < -0.39 is 0 Å². The molecule has 1 N–H and O–H groups in total. The van der Waals surface area contributed by atoms with E-state index in [1.807, 2.05) is 6.20 Å². The highest BCUT2D eigenvalue weighted by Gasteiger charge is 2.19. The maximum atomic E-state index is 4.51. The van der Waals surface area contributed by atoms with E-state index in [1.165, 1.54) is 30.5 Å². The van der Waals surface area contributed by atoms with Crippen molar-refractivity contribution in [1.82, 2.24) is 10.3 Å². The van der Waals surface area contributed by atoms with Crippen molar-refractivity contribution >= 4 is 0 Å². The highest BCUT2D eigenvalue weighted by Crippen LogP contribution is 2.17. The lowest BCUT2D eigenvalue weighted by molar-refractivity contribution is 0.439. The second-order valence-corrected chi connectivity index (χ2v) is 4.05. The summed E-state index contributed by atoms with van der Waals surface area (Å²) in [5.41, 5.74) is 2.63. The number of unbranched alkanes of at least 4 members (excludes halogenated alkanes) is 1. The van der Waals surface area contributed by atoms with Gasteiger partial charge in [-0.3, -0.25) is 4.98 Å². The molecule has 2 nitrogen and oxygen atoms in total. The number of aryl methyl sites for hydroxylation is 1. The van der Waals surface area contributed by atoms with Gasteiger partial charge in [0, 0.05) is 30.9 Å². The van der Waals surface area contributed by atoms with Crippen LogP contribution in [-0.4, -0.2) is 18.1 Å². The van der Waals surface area contributed by atoms with Gasteiger partial charge in [0.2, 0.25) is 0 Å². The predicted molar refractivity (Wildman–Crippen MR) is 58.5 cm³/mol. The quantitative estimate of drug-likeness (QED) is 0.786. The molecule has 1 aliphatic heterocycles. The summed E-state index contributed by atoms with van der Waals surface area (Å²) in [7, 11) is 0. The Morgan fingerprint density at radius 2 is 2.29 bits per heavy atom. The first-order chi connectivity index (χ1) is 6.90. The Morgan fingerprint density at radius 1 is 1.43 bits per heavy atom. The molecule has 1 saturated heterocycles. The molecule has 0 bridgehead atoms. The second-order valence-electron chi connectivity index (χ2n) is 4.05. The molecule has 1 fully saturated rings. The average Bonchev–Trinajstić information content (AvgIpc) is 2.14. The van der Waals surface area contributed by atoms with Crippen LogP contribution in [0.1, 0.15) is 36.9 Å². The lowest BCUT2D eigenvalue weighted by Crippen LogP contribution is -2.40. The van der Waals surface area contributed by atoms with Gasteiger partial charge in [-0.25, -0.2) is 0 Å². The van der Waals surface area contributed by atoms with Crippen molar-refractivity contribution in [2.45, 2.75) is 32.1 Å². The Bertz CT molecular complexity index is 275. The molecule has 0 aromatic carbocycles. The predicted octanol–water partition coefficient (Wildman–Crippen LogP) is 2.11. The van der Waals surface area contributed by atoms with Gasteiger partial charge in [-0.15, -0.1) is 0 Å². The van der Waals surface area contributed by atoms with Crippen LogP contribution in [0, 0.1) is 0 Å². The number of rotatable bonds is 4. The van der Waals surface area contributed by atoms with Crippen LogP contribution in [0.3, 0.4) is 0 Å². The lowest BCUT2D eigenvalue weighted by atomic mass is 9.98. The molecular formula is C12H18N2. The van der Waals surface area contributed by atoms with Crippen LogP contribution in [0.5, 0.6) is 0 Å². The molecule has 0 unspecified atom stereocenters. The summed E-state index contributed by atoms with van der Waals surface area (Å²) in [5, 5.41) is 3.27. The molecule has 1 aromatic rings. The number of pyridine rings is 1. The smallest absolute Gasteiger partial charge is 0.0460 e. The van der Waals surface area contributed by atoms with Gasteiger partial charge in [0.15, 0.2) is 0 Å². The summed E-state index contributed by atoms with van der Waals surface area (Å²) in [5.74, 6) is 0.662. The van der Waals surface area contributed by atoms with Crippen LogP contribution in [-0.2, 0) is 6.42 Å². The van der Waals surface area contributed by atoms with Crippen molar-refractivity contribution in [3.8, 4) is 0 Å². The van der Waals surface area contributed by atoms with Gasteiger partial charge in [-0.1, -0.05) is 19.4 Å². The minimum absolute atomic E-state index is 0.662. The van der Waals surface area contributed by atoms with E-state index in [0.29, 0.717) is 5.92 Å². The average molecular weight is 190 g/mol. The molecule has 0 atom stereocenters. The van der Waals surface area contributed by atoms with Crippen LogP contribution in [0.25, 0.3) is 0 Å². The number of hydrogen-bond acceptors (Lipinski definition) is 2. The van der Waals surface area contributed by atoms with Crippen LogP contribution >= 0.6 is 0 Å². The highest BCUT2D eigenvalue weighted by atomic mass is 15.0. The molecule has 76 valence electrons. The van der Waals surface area contributed by atoms with E-state index in [1.54, 1.807) is 0 Å². The molecule has 0 saturated carbocycles. The summed E-state index contributed by atoms with van der Waals surface area (Å²) in [6.45, 7) is 4.42. The maximum Gasteiger partial charge on any atom is 0.0460 e. The fraction of sp³-hybridized carbons (Fsp3) is 0.583. The molecule has 1 aliphatic rings. The first-order valence-electron chi connectivity index (χ1n) is 5.55. The molecule has 0 amide bonds. The molecule has 0 aliphatic carbocycles. The van der Waals surface area contributed by atoms with E-state index in [4.69, 9.17) is 0 Å². The zero-order valence-electron chi connectivity index (χ0n) is 8.79. The normalized spacial score (nSPS) is 16.6. The topological polar surface area (TPSA) is 24.9 Å². The summed E-state index contributed by atoms with van der Waals surface area (Å²) in [4.78, 5) is 4.51.